The largest absolute Gasteiger partial charge is 0.243 e. The highest BCUT2D eigenvalue weighted by atomic mass is 35.5. The summed E-state index contributed by atoms with van der Waals surface area (Å²) in [6, 6.07) is 17.0. The molecule has 0 atom stereocenters. The zero-order chi connectivity index (χ0) is 8.67. The lowest BCUT2D eigenvalue weighted by Gasteiger charge is -1.90. The molecule has 1 aliphatic rings. The molecule has 0 amide bonds. The van der Waals surface area contributed by atoms with Crippen LogP contribution in [-0.2, 0) is 0 Å². The fourth-order valence-corrected chi connectivity index (χ4v) is 2.66. The number of fused-ring (bicyclic) bond motifs is 3. The molecular formula is C12H8Cl+. The van der Waals surface area contributed by atoms with Crippen molar-refractivity contribution in [1.29, 1.82) is 0 Å². The van der Waals surface area contributed by atoms with E-state index in [2.05, 4.69) is 59.3 Å². The van der Waals surface area contributed by atoms with E-state index in [9.17, 15) is 0 Å². The maximum atomic E-state index is 2.37. The second-order valence-corrected chi connectivity index (χ2v) is 4.06. The lowest BCUT2D eigenvalue weighted by molar-refractivity contribution is -0.528. The van der Waals surface area contributed by atoms with E-state index in [-0.39, 0.29) is 0 Å². The van der Waals surface area contributed by atoms with Crippen molar-refractivity contribution in [3.8, 4) is 11.1 Å². The van der Waals surface area contributed by atoms with E-state index in [4.69, 9.17) is 0 Å². The third kappa shape index (κ3) is 0.991. The predicted molar refractivity (Wildman–Crippen MR) is 50.2 cm³/mol. The van der Waals surface area contributed by atoms with Crippen LogP contribution in [0.15, 0.2) is 48.5 Å². The monoisotopic (exact) mass is 187 g/mol. The van der Waals surface area contributed by atoms with E-state index in [0.717, 1.165) is 0 Å². The summed E-state index contributed by atoms with van der Waals surface area (Å²) >= 11 is 0. The number of rotatable bonds is 0. The Kier molecular flexibility index (Phi) is 1.44. The minimum atomic E-state index is 1.32. The van der Waals surface area contributed by atoms with Gasteiger partial charge in [0.15, 0.2) is 0 Å². The van der Waals surface area contributed by atoms with Crippen LogP contribution in [0.25, 0.3) is 11.1 Å². The normalized spacial score (nSPS) is 12.3. The van der Waals surface area contributed by atoms with E-state index < -0.39 is 0 Å². The zero-order valence-electron chi connectivity index (χ0n) is 7.00. The van der Waals surface area contributed by atoms with Crippen LogP contribution in [0.5, 0.6) is 0 Å². The molecule has 0 saturated heterocycles. The second-order valence-electron chi connectivity index (χ2n) is 3.05. The Morgan fingerprint density at radius 2 is 1.08 bits per heavy atom. The van der Waals surface area contributed by atoms with Gasteiger partial charge in [0.1, 0.15) is 0 Å². The SMILES string of the molecule is c1ccc2c(c1)[Cl+]c1ccccc1-2. The number of halogens is 1. The summed E-state index contributed by atoms with van der Waals surface area (Å²) in [4.78, 5) is 0. The molecular weight excluding hydrogens is 180 g/mol. The van der Waals surface area contributed by atoms with Crippen molar-refractivity contribution in [1.82, 2.24) is 0 Å². The van der Waals surface area contributed by atoms with Crippen LogP contribution >= 0.6 is 0 Å². The summed E-state index contributed by atoms with van der Waals surface area (Å²) in [6.45, 7) is 0. The molecule has 2 aromatic carbocycles. The summed E-state index contributed by atoms with van der Waals surface area (Å²) in [7, 11) is 2.37. The van der Waals surface area contributed by atoms with Gasteiger partial charge in [-0.25, -0.2) is 0 Å². The van der Waals surface area contributed by atoms with Crippen LogP contribution in [0.4, 0.5) is 0 Å². The molecule has 1 aliphatic heterocycles. The molecule has 0 nitrogen and oxygen atoms in total. The Labute approximate surface area is 80.9 Å². The van der Waals surface area contributed by atoms with Gasteiger partial charge in [-0.3, -0.25) is 0 Å². The molecule has 2 aromatic rings. The average Bonchev–Trinajstić information content (AvgIpc) is 2.56. The van der Waals surface area contributed by atoms with Crippen molar-refractivity contribution in [2.45, 2.75) is 0 Å². The van der Waals surface area contributed by atoms with Crippen molar-refractivity contribution >= 4 is 0 Å². The third-order valence-electron chi connectivity index (χ3n) is 2.24. The van der Waals surface area contributed by atoms with Crippen molar-refractivity contribution in [3.05, 3.63) is 58.6 Å². The molecule has 1 heteroatoms. The molecule has 0 bridgehead atoms. The summed E-state index contributed by atoms with van der Waals surface area (Å²) in [6.07, 6.45) is 0. The van der Waals surface area contributed by atoms with Crippen LogP contribution < -0.4 is 0 Å². The van der Waals surface area contributed by atoms with Gasteiger partial charge in [0.2, 0.25) is 20.8 Å². The van der Waals surface area contributed by atoms with Gasteiger partial charge < -0.3 is 0 Å². The minimum Gasteiger partial charge on any atom is -0.0612 e. The van der Waals surface area contributed by atoms with Gasteiger partial charge in [-0.05, 0) is 12.1 Å². The van der Waals surface area contributed by atoms with Gasteiger partial charge in [0.25, 0.3) is 0 Å². The second kappa shape index (κ2) is 2.61. The summed E-state index contributed by atoms with van der Waals surface area (Å²) in [5, 5.41) is 2.65. The molecule has 0 aromatic heterocycles. The van der Waals surface area contributed by atoms with Gasteiger partial charge in [-0.1, -0.05) is 24.3 Å². The smallest absolute Gasteiger partial charge is 0.0612 e. The molecule has 3 rings (SSSR count). The van der Waals surface area contributed by atoms with Gasteiger partial charge in [-0.15, -0.1) is 0 Å². The molecule has 62 valence electrons. The van der Waals surface area contributed by atoms with Crippen molar-refractivity contribution in [3.63, 3.8) is 0 Å². The molecule has 0 spiro atoms. The number of benzene rings is 2. The van der Waals surface area contributed by atoms with Crippen LogP contribution in [0.3, 0.4) is 0 Å². The van der Waals surface area contributed by atoms with Crippen molar-refractivity contribution in [2.75, 3.05) is 0 Å². The maximum Gasteiger partial charge on any atom is 0.243 e. The first-order chi connectivity index (χ1) is 6.45. The highest BCUT2D eigenvalue weighted by Crippen LogP contribution is 2.39. The minimum absolute atomic E-state index is 1.32. The third-order valence-corrected chi connectivity index (χ3v) is 3.31. The van der Waals surface area contributed by atoms with Crippen LogP contribution in [0.1, 0.15) is 0 Å². The molecule has 0 N–H and O–H groups in total. The van der Waals surface area contributed by atoms with Crippen LogP contribution in [-0.4, -0.2) is 0 Å². The van der Waals surface area contributed by atoms with Gasteiger partial charge in [-0.2, -0.15) is 0 Å². The first-order valence-electron chi connectivity index (χ1n) is 4.28. The van der Waals surface area contributed by atoms with Crippen molar-refractivity contribution < 1.29 is 10.8 Å². The summed E-state index contributed by atoms with van der Waals surface area (Å²) < 4.78 is 0. The summed E-state index contributed by atoms with van der Waals surface area (Å²) in [5.74, 6) is 0. The highest BCUT2D eigenvalue weighted by Gasteiger charge is 2.31. The van der Waals surface area contributed by atoms with Gasteiger partial charge >= 0.3 is 0 Å². The fraction of sp³-hybridized carbons (Fsp3) is 0. The highest BCUT2D eigenvalue weighted by molar-refractivity contribution is 5.71. The average molecular weight is 188 g/mol. The molecule has 13 heavy (non-hydrogen) atoms. The maximum absolute atomic E-state index is 2.37. The molecule has 0 unspecified atom stereocenters. The lowest BCUT2D eigenvalue weighted by Crippen LogP contribution is -1.72. The van der Waals surface area contributed by atoms with Crippen molar-refractivity contribution in [2.24, 2.45) is 0 Å². The van der Waals surface area contributed by atoms with Gasteiger partial charge in [0, 0.05) is 12.1 Å². The standard InChI is InChI=1S/C12H8Cl/c1-3-7-11-9(5-1)10-6-2-4-8-12(10)13-11/h1-8H/q+1. The Morgan fingerprint density at radius 1 is 0.615 bits per heavy atom. The lowest BCUT2D eigenvalue weighted by atomic mass is 10.1. The van der Waals surface area contributed by atoms with E-state index >= 15 is 0 Å². The number of hydrogen-bond donors (Lipinski definition) is 0. The zero-order valence-corrected chi connectivity index (χ0v) is 7.75. The topological polar surface area (TPSA) is 0 Å². The molecule has 0 fully saturated rings. The first-order valence-corrected chi connectivity index (χ1v) is 5.04. The Bertz CT molecular complexity index is 417. The first kappa shape index (κ1) is 7.16. The Balaban J connectivity index is 2.32. The summed E-state index contributed by atoms with van der Waals surface area (Å²) in [5.41, 5.74) is 2.71. The van der Waals surface area contributed by atoms with E-state index in [1.165, 1.54) is 21.2 Å². The molecule has 0 aliphatic carbocycles. The van der Waals surface area contributed by atoms with E-state index in [0.29, 0.717) is 0 Å². The van der Waals surface area contributed by atoms with Crippen LogP contribution in [0, 0.1) is 10.8 Å². The van der Waals surface area contributed by atoms with Crippen LogP contribution in [0.2, 0.25) is 10.0 Å². The molecule has 1 heterocycles. The predicted octanol–water partition coefficient (Wildman–Crippen LogP) is 3.28. The fourth-order valence-electron chi connectivity index (χ4n) is 1.63. The van der Waals surface area contributed by atoms with E-state index in [1.807, 2.05) is 0 Å². The molecule has 0 saturated carbocycles. The molecule has 0 radical (unpaired) electrons. The quantitative estimate of drug-likeness (QED) is 0.507. The van der Waals surface area contributed by atoms with E-state index in [1.54, 1.807) is 0 Å². The Hall–Kier alpha value is -1.27. The Morgan fingerprint density at radius 3 is 1.62 bits per heavy atom. The number of hydrogen-bond acceptors (Lipinski definition) is 0. The van der Waals surface area contributed by atoms with Gasteiger partial charge in [0.05, 0.1) is 11.1 Å².